The van der Waals surface area contributed by atoms with Gasteiger partial charge in [0.15, 0.2) is 0 Å². The number of carboxylic acid groups (broad SMARTS) is 1. The molecule has 0 aliphatic heterocycles. The van der Waals surface area contributed by atoms with E-state index < -0.39 is 11.2 Å². The van der Waals surface area contributed by atoms with Gasteiger partial charge in [0.25, 0.3) is 0 Å². The number of hydrogen-bond donors (Lipinski definition) is 1. The van der Waals surface area contributed by atoms with Gasteiger partial charge in [0.2, 0.25) is 0 Å². The predicted octanol–water partition coefficient (Wildman–Crippen LogP) is 1.93. The van der Waals surface area contributed by atoms with Crippen LogP contribution >= 0.6 is 24.0 Å². The Hall–Kier alpha value is -0.0900. The van der Waals surface area contributed by atoms with E-state index in [1.165, 1.54) is 11.8 Å². The molecule has 0 aromatic carbocycles. The monoisotopic (exact) mass is 178 g/mol. The van der Waals surface area contributed by atoms with Crippen molar-refractivity contribution in [2.45, 2.75) is 25.5 Å². The standard InChI is InChI=1S/C6H10O2S2/c1-3-5(9)10-4(2)6(7)8/h4H,3H2,1-2H3,(H,7,8). The van der Waals surface area contributed by atoms with Gasteiger partial charge in [0, 0.05) is 4.20 Å². The van der Waals surface area contributed by atoms with Crippen molar-refractivity contribution < 1.29 is 9.90 Å². The molecule has 0 radical (unpaired) electrons. The Bertz CT molecular complexity index is 145. The molecule has 1 N–H and O–H groups in total. The summed E-state index contributed by atoms with van der Waals surface area (Å²) in [6.07, 6.45) is 0.762. The minimum atomic E-state index is -0.805. The first kappa shape index (κ1) is 9.91. The fourth-order valence-corrected chi connectivity index (χ4v) is 1.43. The number of rotatable bonds is 3. The van der Waals surface area contributed by atoms with Gasteiger partial charge >= 0.3 is 5.97 Å². The third-order valence-electron chi connectivity index (χ3n) is 0.945. The summed E-state index contributed by atoms with van der Waals surface area (Å²) in [5.74, 6) is -0.805. The summed E-state index contributed by atoms with van der Waals surface area (Å²) in [6.45, 7) is 3.55. The van der Waals surface area contributed by atoms with Crippen molar-refractivity contribution in [2.24, 2.45) is 0 Å². The molecule has 10 heavy (non-hydrogen) atoms. The largest absolute Gasteiger partial charge is 0.480 e. The van der Waals surface area contributed by atoms with Gasteiger partial charge in [-0.15, -0.1) is 11.8 Å². The van der Waals surface area contributed by atoms with E-state index in [1.807, 2.05) is 6.92 Å². The SMILES string of the molecule is CCC(=S)SC(C)C(=O)O. The Balaban J connectivity index is 3.68. The highest BCUT2D eigenvalue weighted by atomic mass is 32.2. The Labute approximate surface area is 70.0 Å². The molecule has 0 aliphatic carbocycles. The molecule has 0 fully saturated rings. The zero-order valence-corrected chi connectivity index (χ0v) is 7.59. The quantitative estimate of drug-likeness (QED) is 0.670. The van der Waals surface area contributed by atoms with E-state index in [4.69, 9.17) is 17.3 Å². The first-order valence-corrected chi connectivity index (χ1v) is 4.29. The van der Waals surface area contributed by atoms with Crippen molar-refractivity contribution >= 4 is 34.1 Å². The van der Waals surface area contributed by atoms with Gasteiger partial charge in [-0.25, -0.2) is 0 Å². The van der Waals surface area contributed by atoms with E-state index in [2.05, 4.69) is 0 Å². The van der Waals surface area contributed by atoms with Crippen LogP contribution in [0.5, 0.6) is 0 Å². The molecule has 0 amide bonds. The molecule has 0 rings (SSSR count). The van der Waals surface area contributed by atoms with Crippen LogP contribution in [0.15, 0.2) is 0 Å². The zero-order chi connectivity index (χ0) is 8.15. The van der Waals surface area contributed by atoms with Gasteiger partial charge in [-0.1, -0.05) is 19.1 Å². The van der Waals surface area contributed by atoms with E-state index in [1.54, 1.807) is 6.92 Å². The van der Waals surface area contributed by atoms with E-state index in [-0.39, 0.29) is 0 Å². The molecule has 4 heteroatoms. The average molecular weight is 178 g/mol. The summed E-state index contributed by atoms with van der Waals surface area (Å²) in [7, 11) is 0. The van der Waals surface area contributed by atoms with Gasteiger partial charge in [-0.3, -0.25) is 4.79 Å². The lowest BCUT2D eigenvalue weighted by molar-refractivity contribution is -0.136. The van der Waals surface area contributed by atoms with Crippen molar-refractivity contribution in [2.75, 3.05) is 0 Å². The van der Waals surface area contributed by atoms with Crippen molar-refractivity contribution in [1.82, 2.24) is 0 Å². The molecule has 0 saturated heterocycles. The number of aliphatic carboxylic acids is 1. The molecular formula is C6H10O2S2. The molecule has 0 aliphatic rings. The number of thiocarbonyl (C=S) groups is 1. The molecule has 1 unspecified atom stereocenters. The summed E-state index contributed by atoms with van der Waals surface area (Å²) in [5.41, 5.74) is 0. The Kier molecular flexibility index (Phi) is 4.64. The van der Waals surface area contributed by atoms with Crippen LogP contribution in [-0.2, 0) is 4.79 Å². The number of hydrogen-bond acceptors (Lipinski definition) is 3. The molecule has 1 atom stereocenters. The van der Waals surface area contributed by atoms with Gasteiger partial charge in [-0.05, 0) is 13.3 Å². The van der Waals surface area contributed by atoms with Gasteiger partial charge in [-0.2, -0.15) is 0 Å². The number of carbonyl (C=O) groups is 1. The fourth-order valence-electron chi connectivity index (χ4n) is 0.331. The van der Waals surface area contributed by atoms with Crippen LogP contribution in [0.4, 0.5) is 0 Å². The van der Waals surface area contributed by atoms with E-state index in [0.717, 1.165) is 10.6 Å². The van der Waals surface area contributed by atoms with E-state index in [0.29, 0.717) is 0 Å². The third-order valence-corrected chi connectivity index (χ3v) is 2.63. The van der Waals surface area contributed by atoms with Gasteiger partial charge in [0.05, 0.1) is 0 Å². The van der Waals surface area contributed by atoms with Gasteiger partial charge < -0.3 is 5.11 Å². The van der Waals surface area contributed by atoms with Crippen LogP contribution in [0.3, 0.4) is 0 Å². The summed E-state index contributed by atoms with van der Waals surface area (Å²) in [4.78, 5) is 10.3. The van der Waals surface area contributed by atoms with Crippen LogP contribution in [0, 0.1) is 0 Å². The molecule has 0 saturated carbocycles. The first-order valence-electron chi connectivity index (χ1n) is 3.00. The van der Waals surface area contributed by atoms with Crippen LogP contribution in [-0.4, -0.2) is 20.5 Å². The highest BCUT2D eigenvalue weighted by molar-refractivity contribution is 8.23. The topological polar surface area (TPSA) is 37.3 Å². The lowest BCUT2D eigenvalue weighted by Crippen LogP contribution is -2.13. The second-order valence-corrected chi connectivity index (χ2v) is 4.01. The Morgan fingerprint density at radius 1 is 1.80 bits per heavy atom. The van der Waals surface area contributed by atoms with Crippen LogP contribution in [0.25, 0.3) is 0 Å². The summed E-state index contributed by atoms with van der Waals surface area (Å²) >= 11 is 6.09. The normalized spacial score (nSPS) is 12.6. The maximum atomic E-state index is 10.3. The smallest absolute Gasteiger partial charge is 0.316 e. The minimum Gasteiger partial charge on any atom is -0.480 e. The number of thioether (sulfide) groups is 1. The van der Waals surface area contributed by atoms with Gasteiger partial charge in [0.1, 0.15) is 5.25 Å². The molecule has 2 nitrogen and oxygen atoms in total. The summed E-state index contributed by atoms with van der Waals surface area (Å²) in [5, 5.41) is 8.04. The predicted molar refractivity (Wildman–Crippen MR) is 47.6 cm³/mol. The first-order chi connectivity index (χ1) is 4.57. The van der Waals surface area contributed by atoms with E-state index >= 15 is 0 Å². The second kappa shape index (κ2) is 4.68. The molecule has 0 aromatic heterocycles. The molecule has 0 spiro atoms. The van der Waals surface area contributed by atoms with Crippen LogP contribution in [0.2, 0.25) is 0 Å². The average Bonchev–Trinajstić information content (AvgIpc) is 1.87. The van der Waals surface area contributed by atoms with Crippen LogP contribution < -0.4 is 0 Å². The minimum absolute atomic E-state index is 0.410. The molecular weight excluding hydrogens is 168 g/mol. The lowest BCUT2D eigenvalue weighted by atomic mass is 10.5. The fraction of sp³-hybridized carbons (Fsp3) is 0.667. The van der Waals surface area contributed by atoms with Crippen molar-refractivity contribution in [3.8, 4) is 0 Å². The third kappa shape index (κ3) is 3.85. The van der Waals surface area contributed by atoms with E-state index in [9.17, 15) is 4.79 Å². The van der Waals surface area contributed by atoms with Crippen molar-refractivity contribution in [1.29, 1.82) is 0 Å². The maximum Gasteiger partial charge on any atom is 0.316 e. The highest BCUT2D eigenvalue weighted by Crippen LogP contribution is 2.14. The Morgan fingerprint density at radius 3 is 2.60 bits per heavy atom. The number of carboxylic acids is 1. The maximum absolute atomic E-state index is 10.3. The highest BCUT2D eigenvalue weighted by Gasteiger charge is 2.12. The molecule has 0 aromatic rings. The summed E-state index contributed by atoms with van der Waals surface area (Å²) < 4.78 is 0.759. The molecule has 0 bridgehead atoms. The Morgan fingerprint density at radius 2 is 2.30 bits per heavy atom. The molecule has 0 heterocycles. The molecule has 58 valence electrons. The lowest BCUT2D eigenvalue weighted by Gasteiger charge is -2.03. The second-order valence-electron chi connectivity index (χ2n) is 1.82. The van der Waals surface area contributed by atoms with Crippen molar-refractivity contribution in [3.05, 3.63) is 0 Å². The van der Waals surface area contributed by atoms with Crippen LogP contribution in [0.1, 0.15) is 20.3 Å². The van der Waals surface area contributed by atoms with Crippen molar-refractivity contribution in [3.63, 3.8) is 0 Å². The zero-order valence-electron chi connectivity index (χ0n) is 5.96. The summed E-state index contributed by atoms with van der Waals surface area (Å²) in [6, 6.07) is 0.